The molecule has 1 atom stereocenters. The number of para-hydroxylation sites is 1. The van der Waals surface area contributed by atoms with Gasteiger partial charge in [0.05, 0.1) is 33.9 Å². The lowest BCUT2D eigenvalue weighted by molar-refractivity contribution is -0.384. The maximum absolute atomic E-state index is 14.2. The Kier molecular flexibility index (Phi) is 9.14. The van der Waals surface area contributed by atoms with Crippen LogP contribution in [0.4, 0.5) is 11.4 Å². The zero-order valence-electron chi connectivity index (χ0n) is 25.2. The van der Waals surface area contributed by atoms with Crippen LogP contribution in [0.2, 0.25) is 0 Å². The molecule has 0 aliphatic carbocycles. The molecular formula is C35H27BrN4O6S. The number of nitro benzene ring substituents is 1. The van der Waals surface area contributed by atoms with Crippen molar-refractivity contribution in [3.63, 3.8) is 0 Å². The maximum atomic E-state index is 14.2. The quantitative estimate of drug-likeness (QED) is 0.145. The van der Waals surface area contributed by atoms with Crippen molar-refractivity contribution in [2.45, 2.75) is 19.6 Å². The minimum absolute atomic E-state index is 0.00246. The van der Waals surface area contributed by atoms with Crippen LogP contribution in [-0.4, -0.2) is 22.5 Å². The van der Waals surface area contributed by atoms with Crippen molar-refractivity contribution in [1.82, 2.24) is 4.57 Å². The van der Waals surface area contributed by atoms with Gasteiger partial charge in [-0.1, -0.05) is 57.6 Å². The number of non-ortho nitro benzene ring substituents is 1. The summed E-state index contributed by atoms with van der Waals surface area (Å²) in [6.07, 6.45) is 1.74. The number of halogens is 1. The first-order chi connectivity index (χ1) is 22.7. The average Bonchev–Trinajstić information content (AvgIpc) is 3.38. The van der Waals surface area contributed by atoms with E-state index in [0.717, 1.165) is 15.6 Å². The highest BCUT2D eigenvalue weighted by molar-refractivity contribution is 9.10. The molecule has 1 aliphatic heterocycles. The van der Waals surface area contributed by atoms with E-state index in [4.69, 9.17) is 14.5 Å². The molecule has 0 saturated heterocycles. The number of thiazole rings is 1. The highest BCUT2D eigenvalue weighted by atomic mass is 79.9. The van der Waals surface area contributed by atoms with Crippen molar-refractivity contribution >= 4 is 50.6 Å². The first-order valence-electron chi connectivity index (χ1n) is 14.4. The number of ether oxygens (including phenoxy) is 2. The van der Waals surface area contributed by atoms with Crippen LogP contribution in [0.1, 0.15) is 29.7 Å². The Labute approximate surface area is 281 Å². The number of allylic oxidation sites excluding steroid dienone is 1. The fraction of sp³-hybridized carbons (Fsp3) is 0.114. The number of hydrogen-bond acceptors (Lipinski definition) is 8. The molecule has 4 aromatic carbocycles. The van der Waals surface area contributed by atoms with E-state index < -0.39 is 11.0 Å². The Morgan fingerprint density at radius 1 is 1.06 bits per heavy atom. The van der Waals surface area contributed by atoms with Crippen molar-refractivity contribution in [2.75, 3.05) is 12.4 Å². The van der Waals surface area contributed by atoms with Crippen molar-refractivity contribution < 1.29 is 19.2 Å². The topological polar surface area (TPSA) is 125 Å². The predicted octanol–water partition coefficient (Wildman–Crippen LogP) is 6.13. The van der Waals surface area contributed by atoms with Crippen LogP contribution < -0.4 is 29.7 Å². The highest BCUT2D eigenvalue weighted by Gasteiger charge is 2.32. The third-order valence-corrected chi connectivity index (χ3v) is 9.01. The molecule has 0 bridgehead atoms. The number of hydrogen-bond donors (Lipinski definition) is 1. The van der Waals surface area contributed by atoms with Gasteiger partial charge in [-0.25, -0.2) is 4.99 Å². The molecule has 1 amide bonds. The molecule has 47 heavy (non-hydrogen) atoms. The fourth-order valence-corrected chi connectivity index (χ4v) is 6.63. The van der Waals surface area contributed by atoms with Gasteiger partial charge < -0.3 is 14.8 Å². The van der Waals surface area contributed by atoms with Crippen LogP contribution >= 0.6 is 27.3 Å². The van der Waals surface area contributed by atoms with Crippen LogP contribution in [-0.2, 0) is 11.4 Å². The summed E-state index contributed by atoms with van der Waals surface area (Å²) in [4.78, 5) is 43.8. The number of aromatic nitrogens is 1. The number of benzene rings is 4. The molecule has 0 radical (unpaired) electrons. The van der Waals surface area contributed by atoms with E-state index in [9.17, 15) is 19.7 Å². The third kappa shape index (κ3) is 6.79. The lowest BCUT2D eigenvalue weighted by Gasteiger charge is -2.25. The largest absolute Gasteiger partial charge is 0.497 e. The standard InChI is InChI=1S/C35H27BrN4O6S/c1-21-31(33(41)38-26-6-4-3-5-7-26)32(23-10-15-28(45-2)16-11-23)39-34(42)30(47-35(39)37-21)19-24-18-25(36)12-17-29(24)46-20-22-8-13-27(14-9-22)40(43)44/h3-19,32H,20H2,1-2H3,(H,38,41)/b30-19+/t32-/m1/s1. The molecule has 12 heteroatoms. The van der Waals surface area contributed by atoms with Gasteiger partial charge in [-0.2, -0.15) is 0 Å². The van der Waals surface area contributed by atoms with Crippen LogP contribution in [0, 0.1) is 10.1 Å². The number of anilines is 1. The molecule has 0 saturated carbocycles. The number of carbonyl (C=O) groups is 1. The number of nitrogens with zero attached hydrogens (tertiary/aromatic N) is 3. The number of amides is 1. The fourth-order valence-electron chi connectivity index (χ4n) is 5.21. The van der Waals surface area contributed by atoms with Crippen LogP contribution in [0.3, 0.4) is 0 Å². The van der Waals surface area contributed by atoms with E-state index in [-0.39, 0.29) is 23.8 Å². The van der Waals surface area contributed by atoms with E-state index in [1.54, 1.807) is 67.1 Å². The van der Waals surface area contributed by atoms with E-state index in [2.05, 4.69) is 21.2 Å². The molecule has 0 fully saturated rings. The summed E-state index contributed by atoms with van der Waals surface area (Å²) < 4.78 is 14.2. The summed E-state index contributed by atoms with van der Waals surface area (Å²) in [5.41, 5.74) is 3.28. The summed E-state index contributed by atoms with van der Waals surface area (Å²) in [5, 5.41) is 14.0. The molecule has 5 aromatic rings. The Hall–Kier alpha value is -5.33. The number of methoxy groups -OCH3 is 1. The first-order valence-corrected chi connectivity index (χ1v) is 16.0. The minimum atomic E-state index is -0.747. The molecule has 0 spiro atoms. The van der Waals surface area contributed by atoms with Crippen molar-refractivity contribution in [1.29, 1.82) is 0 Å². The molecule has 1 aliphatic rings. The molecule has 6 rings (SSSR count). The summed E-state index contributed by atoms with van der Waals surface area (Å²) in [6, 6.07) is 27.2. The van der Waals surface area contributed by atoms with Gasteiger partial charge >= 0.3 is 0 Å². The predicted molar refractivity (Wildman–Crippen MR) is 183 cm³/mol. The number of fused-ring (bicyclic) bond motifs is 1. The van der Waals surface area contributed by atoms with Crippen LogP contribution in [0.25, 0.3) is 6.08 Å². The minimum Gasteiger partial charge on any atom is -0.497 e. The Morgan fingerprint density at radius 2 is 1.79 bits per heavy atom. The molecular weight excluding hydrogens is 684 g/mol. The summed E-state index contributed by atoms with van der Waals surface area (Å²) in [6.45, 7) is 1.93. The van der Waals surface area contributed by atoms with E-state index in [1.807, 2.05) is 42.5 Å². The van der Waals surface area contributed by atoms with Crippen molar-refractivity contribution in [3.05, 3.63) is 159 Å². The first kappa shape index (κ1) is 31.6. The Balaban J connectivity index is 1.41. The highest BCUT2D eigenvalue weighted by Crippen LogP contribution is 2.32. The second kappa shape index (κ2) is 13.6. The lowest BCUT2D eigenvalue weighted by Crippen LogP contribution is -2.40. The number of nitrogens with one attached hydrogen (secondary N) is 1. The van der Waals surface area contributed by atoms with Gasteiger partial charge in [-0.05, 0) is 78.7 Å². The Morgan fingerprint density at radius 3 is 2.47 bits per heavy atom. The van der Waals surface area contributed by atoms with Gasteiger partial charge in [0.2, 0.25) is 0 Å². The van der Waals surface area contributed by atoms with Crippen molar-refractivity contribution in [3.8, 4) is 11.5 Å². The smallest absolute Gasteiger partial charge is 0.271 e. The van der Waals surface area contributed by atoms with Gasteiger partial charge in [0.15, 0.2) is 4.80 Å². The maximum Gasteiger partial charge on any atom is 0.271 e. The summed E-state index contributed by atoms with van der Waals surface area (Å²) in [5.74, 6) is 0.803. The second-order valence-corrected chi connectivity index (χ2v) is 12.5. The average molecular weight is 712 g/mol. The summed E-state index contributed by atoms with van der Waals surface area (Å²) in [7, 11) is 1.58. The lowest BCUT2D eigenvalue weighted by atomic mass is 9.95. The van der Waals surface area contributed by atoms with Gasteiger partial charge in [0.1, 0.15) is 18.1 Å². The van der Waals surface area contributed by atoms with Crippen LogP contribution in [0.15, 0.2) is 123 Å². The monoisotopic (exact) mass is 710 g/mol. The van der Waals surface area contributed by atoms with Gasteiger partial charge in [-0.3, -0.25) is 24.3 Å². The second-order valence-electron chi connectivity index (χ2n) is 10.6. The molecule has 2 heterocycles. The zero-order chi connectivity index (χ0) is 33.1. The number of nitro groups is 1. The van der Waals surface area contributed by atoms with Crippen LogP contribution in [0.5, 0.6) is 11.5 Å². The Bertz CT molecular complexity index is 2190. The molecule has 0 unspecified atom stereocenters. The van der Waals surface area contributed by atoms with Gasteiger partial charge in [-0.15, -0.1) is 0 Å². The zero-order valence-corrected chi connectivity index (χ0v) is 27.6. The molecule has 1 N–H and O–H groups in total. The van der Waals surface area contributed by atoms with Gasteiger partial charge in [0, 0.05) is 27.9 Å². The van der Waals surface area contributed by atoms with E-state index in [0.29, 0.717) is 43.4 Å². The molecule has 1 aromatic heterocycles. The van der Waals surface area contributed by atoms with E-state index in [1.165, 1.54) is 23.5 Å². The van der Waals surface area contributed by atoms with Gasteiger partial charge in [0.25, 0.3) is 17.2 Å². The number of carbonyl (C=O) groups excluding carboxylic acids is 1. The SMILES string of the molecule is COc1ccc([C@@H]2C(C(=O)Nc3ccccc3)=C(C)N=c3s/c(=C/c4cc(Br)ccc4OCc4ccc([N+](=O)[O-])cc4)c(=O)n32)cc1. The third-order valence-electron chi connectivity index (χ3n) is 7.53. The normalized spacial score (nSPS) is 14.3. The summed E-state index contributed by atoms with van der Waals surface area (Å²) >= 11 is 4.73. The molecule has 236 valence electrons. The van der Waals surface area contributed by atoms with E-state index >= 15 is 0 Å². The van der Waals surface area contributed by atoms with Crippen molar-refractivity contribution in [2.24, 2.45) is 4.99 Å². The molecule has 10 nitrogen and oxygen atoms in total. The number of rotatable bonds is 9.